The number of nitrogens with zero attached hydrogens (tertiary/aromatic N) is 1. The quantitative estimate of drug-likeness (QED) is 0.777. The molecule has 0 aromatic heterocycles. The Morgan fingerprint density at radius 1 is 1.00 bits per heavy atom. The molecular formula is C21H23NO. The Morgan fingerprint density at radius 2 is 1.43 bits per heavy atom. The van der Waals surface area contributed by atoms with Crippen LogP contribution in [-0.2, 0) is 17.6 Å². The summed E-state index contributed by atoms with van der Waals surface area (Å²) in [5.41, 5.74) is 5.69. The summed E-state index contributed by atoms with van der Waals surface area (Å²) in [6.07, 6.45) is 1.65. The first kappa shape index (κ1) is 15.5. The van der Waals surface area contributed by atoms with E-state index in [1.165, 1.54) is 22.3 Å². The Hall–Kier alpha value is -2.35. The topological polar surface area (TPSA) is 20.3 Å². The minimum Gasteiger partial charge on any atom is -0.340 e. The van der Waals surface area contributed by atoms with Gasteiger partial charge >= 0.3 is 0 Å². The maximum absolute atomic E-state index is 12.0. The molecule has 118 valence electrons. The van der Waals surface area contributed by atoms with E-state index >= 15 is 0 Å². The molecule has 0 heterocycles. The summed E-state index contributed by atoms with van der Waals surface area (Å²) in [7, 11) is 1.91. The van der Waals surface area contributed by atoms with Crippen molar-refractivity contribution in [1.29, 1.82) is 0 Å². The molecule has 1 amide bonds. The third kappa shape index (κ3) is 2.70. The van der Waals surface area contributed by atoms with E-state index < -0.39 is 0 Å². The highest BCUT2D eigenvalue weighted by molar-refractivity contribution is 5.82. The van der Waals surface area contributed by atoms with Gasteiger partial charge in [0, 0.05) is 19.5 Å². The zero-order chi connectivity index (χ0) is 16.6. The summed E-state index contributed by atoms with van der Waals surface area (Å²) in [4.78, 5) is 13.9. The van der Waals surface area contributed by atoms with Crippen molar-refractivity contribution in [2.24, 2.45) is 0 Å². The average Bonchev–Trinajstić information content (AvgIpc) is 2.53. The Labute approximate surface area is 138 Å². The number of hydrogen-bond donors (Lipinski definition) is 0. The van der Waals surface area contributed by atoms with E-state index in [9.17, 15) is 4.79 Å². The zero-order valence-electron chi connectivity index (χ0n) is 14.1. The first-order valence-electron chi connectivity index (χ1n) is 8.02. The van der Waals surface area contributed by atoms with Crippen LogP contribution in [0.5, 0.6) is 0 Å². The van der Waals surface area contributed by atoms with Crippen molar-refractivity contribution in [3.63, 3.8) is 0 Å². The number of hydrogen-bond acceptors (Lipinski definition) is 1. The Balaban J connectivity index is 2.22. The van der Waals surface area contributed by atoms with Gasteiger partial charge in [0.1, 0.15) is 0 Å². The van der Waals surface area contributed by atoms with Gasteiger partial charge in [-0.15, -0.1) is 0 Å². The third-order valence-corrected chi connectivity index (χ3v) is 5.11. The van der Waals surface area contributed by atoms with Crippen LogP contribution in [0.15, 0.2) is 55.1 Å². The summed E-state index contributed by atoms with van der Waals surface area (Å²) in [5.74, 6) is 0.0989. The number of carbonyl (C=O) groups excluding carboxylic acids is 1. The Kier molecular flexibility index (Phi) is 3.85. The SMILES string of the molecule is C=C1c2ccccc2CC(C)(N(C)C(C)=O)Cc2ccccc21. The second-order valence-corrected chi connectivity index (χ2v) is 6.72. The standard InChI is InChI=1S/C21H23NO/c1-15-19-11-7-5-9-17(19)13-21(3,22(4)16(2)23)14-18-10-6-8-12-20(15)18/h5-12H,1,13-14H2,2-4H3. The minimum absolute atomic E-state index is 0.0989. The van der Waals surface area contributed by atoms with Gasteiger partial charge < -0.3 is 4.90 Å². The van der Waals surface area contributed by atoms with Crippen LogP contribution < -0.4 is 0 Å². The fourth-order valence-corrected chi connectivity index (χ4v) is 3.58. The van der Waals surface area contributed by atoms with E-state index in [1.807, 2.05) is 11.9 Å². The summed E-state index contributed by atoms with van der Waals surface area (Å²) in [6, 6.07) is 16.8. The number of carbonyl (C=O) groups is 1. The fourth-order valence-electron chi connectivity index (χ4n) is 3.58. The van der Waals surface area contributed by atoms with Crippen LogP contribution in [0.2, 0.25) is 0 Å². The van der Waals surface area contributed by atoms with Gasteiger partial charge in [0.25, 0.3) is 0 Å². The van der Waals surface area contributed by atoms with Gasteiger partial charge in [-0.05, 0) is 47.6 Å². The highest BCUT2D eigenvalue weighted by Crippen LogP contribution is 2.36. The molecule has 0 fully saturated rings. The second-order valence-electron chi connectivity index (χ2n) is 6.72. The molecular weight excluding hydrogens is 282 g/mol. The van der Waals surface area contributed by atoms with Gasteiger partial charge in [0.2, 0.25) is 5.91 Å². The Bertz CT molecular complexity index is 723. The molecule has 0 spiro atoms. The molecule has 0 aliphatic heterocycles. The third-order valence-electron chi connectivity index (χ3n) is 5.11. The lowest BCUT2D eigenvalue weighted by Crippen LogP contribution is -2.50. The van der Waals surface area contributed by atoms with Gasteiger partial charge in [-0.1, -0.05) is 55.1 Å². The molecule has 1 aliphatic carbocycles. The molecule has 1 aliphatic rings. The van der Waals surface area contributed by atoms with Crippen molar-refractivity contribution < 1.29 is 4.79 Å². The maximum atomic E-state index is 12.0. The van der Waals surface area contributed by atoms with Crippen LogP contribution >= 0.6 is 0 Å². The molecule has 0 saturated carbocycles. The number of rotatable bonds is 1. The lowest BCUT2D eigenvalue weighted by molar-refractivity contribution is -0.132. The summed E-state index contributed by atoms with van der Waals surface area (Å²) in [5, 5.41) is 0. The molecule has 2 nitrogen and oxygen atoms in total. The van der Waals surface area contributed by atoms with Gasteiger partial charge in [0.05, 0.1) is 0 Å². The summed E-state index contributed by atoms with van der Waals surface area (Å²) >= 11 is 0. The average molecular weight is 305 g/mol. The monoisotopic (exact) mass is 305 g/mol. The van der Waals surface area contributed by atoms with Crippen molar-refractivity contribution in [3.05, 3.63) is 77.4 Å². The molecule has 2 heteroatoms. The first-order valence-corrected chi connectivity index (χ1v) is 8.02. The van der Waals surface area contributed by atoms with Crippen molar-refractivity contribution >= 4 is 11.5 Å². The van der Waals surface area contributed by atoms with Crippen LogP contribution in [0.1, 0.15) is 36.1 Å². The lowest BCUT2D eigenvalue weighted by Gasteiger charge is -2.41. The summed E-state index contributed by atoms with van der Waals surface area (Å²) in [6.45, 7) is 8.16. The molecule has 23 heavy (non-hydrogen) atoms. The van der Waals surface area contributed by atoms with Crippen LogP contribution in [0.4, 0.5) is 0 Å². The van der Waals surface area contributed by atoms with Crippen molar-refractivity contribution in [2.45, 2.75) is 32.2 Å². The number of likely N-dealkylation sites (N-methyl/N-ethyl adjacent to an activating group) is 1. The van der Waals surface area contributed by atoms with Gasteiger partial charge in [-0.2, -0.15) is 0 Å². The van der Waals surface area contributed by atoms with Crippen molar-refractivity contribution in [1.82, 2.24) is 4.90 Å². The number of amides is 1. The molecule has 0 atom stereocenters. The van der Waals surface area contributed by atoms with E-state index in [0.717, 1.165) is 18.4 Å². The first-order chi connectivity index (χ1) is 10.9. The Morgan fingerprint density at radius 3 is 1.87 bits per heavy atom. The van der Waals surface area contributed by atoms with Gasteiger partial charge in [0.15, 0.2) is 0 Å². The normalized spacial score (nSPS) is 15.9. The maximum Gasteiger partial charge on any atom is 0.219 e. The number of fused-ring (bicyclic) bond motifs is 2. The molecule has 0 N–H and O–H groups in total. The van der Waals surface area contributed by atoms with E-state index in [1.54, 1.807) is 6.92 Å². The van der Waals surface area contributed by atoms with E-state index in [4.69, 9.17) is 0 Å². The second kappa shape index (κ2) is 5.69. The van der Waals surface area contributed by atoms with E-state index in [-0.39, 0.29) is 11.4 Å². The van der Waals surface area contributed by atoms with Crippen LogP contribution in [0.3, 0.4) is 0 Å². The summed E-state index contributed by atoms with van der Waals surface area (Å²) < 4.78 is 0. The van der Waals surface area contributed by atoms with Gasteiger partial charge in [-0.3, -0.25) is 4.79 Å². The largest absolute Gasteiger partial charge is 0.340 e. The molecule has 2 aromatic carbocycles. The van der Waals surface area contributed by atoms with Crippen LogP contribution in [0, 0.1) is 0 Å². The zero-order valence-corrected chi connectivity index (χ0v) is 14.1. The molecule has 0 bridgehead atoms. The van der Waals surface area contributed by atoms with Gasteiger partial charge in [-0.25, -0.2) is 0 Å². The molecule has 0 unspecified atom stereocenters. The van der Waals surface area contributed by atoms with Crippen molar-refractivity contribution in [3.8, 4) is 0 Å². The minimum atomic E-state index is -0.251. The fraction of sp³-hybridized carbons (Fsp3) is 0.286. The predicted octanol–water partition coefficient (Wildman–Crippen LogP) is 4.08. The number of benzene rings is 2. The lowest BCUT2D eigenvalue weighted by atomic mass is 9.77. The smallest absolute Gasteiger partial charge is 0.219 e. The van der Waals surface area contributed by atoms with Crippen LogP contribution in [0.25, 0.3) is 5.57 Å². The molecule has 3 rings (SSSR count). The predicted molar refractivity (Wildman–Crippen MR) is 95.3 cm³/mol. The van der Waals surface area contributed by atoms with Crippen LogP contribution in [-0.4, -0.2) is 23.4 Å². The van der Waals surface area contributed by atoms with Crippen molar-refractivity contribution in [2.75, 3.05) is 7.05 Å². The molecule has 0 saturated heterocycles. The van der Waals surface area contributed by atoms with E-state index in [0.29, 0.717) is 0 Å². The molecule has 0 radical (unpaired) electrons. The van der Waals surface area contributed by atoms with E-state index in [2.05, 4.69) is 62.0 Å². The highest BCUT2D eigenvalue weighted by atomic mass is 16.2. The molecule has 2 aromatic rings. The highest BCUT2D eigenvalue weighted by Gasteiger charge is 2.34.